The van der Waals surface area contributed by atoms with Gasteiger partial charge in [0.05, 0.1) is 28.2 Å². The zero-order valence-corrected chi connectivity index (χ0v) is 23.0. The zero-order valence-electron chi connectivity index (χ0n) is 23.0. The molecular formula is C34H37N3O3. The first-order valence-corrected chi connectivity index (χ1v) is 14.0. The van der Waals surface area contributed by atoms with E-state index in [0.717, 1.165) is 41.9 Å². The fourth-order valence-corrected chi connectivity index (χ4v) is 4.71. The van der Waals surface area contributed by atoms with Crippen LogP contribution in [0, 0.1) is 0 Å². The number of carboxylic acid groups (broad SMARTS) is 1. The Balaban J connectivity index is 1.73. The minimum Gasteiger partial charge on any atom is -0.478 e. The summed E-state index contributed by atoms with van der Waals surface area (Å²) in [4.78, 5) is 25.5. The highest BCUT2D eigenvalue weighted by atomic mass is 16.4. The molecule has 6 heteroatoms. The minimum atomic E-state index is -1.10. The van der Waals surface area contributed by atoms with Gasteiger partial charge >= 0.3 is 5.97 Å². The van der Waals surface area contributed by atoms with E-state index in [4.69, 9.17) is 0 Å². The molecule has 0 spiro atoms. The number of unbranched alkanes of at least 4 members (excludes halogenated alkanes) is 5. The summed E-state index contributed by atoms with van der Waals surface area (Å²) in [5.74, 6) is -1.49. The van der Waals surface area contributed by atoms with Crippen molar-refractivity contribution >= 4 is 40.3 Å². The van der Waals surface area contributed by atoms with E-state index in [9.17, 15) is 14.7 Å². The normalized spacial score (nSPS) is 10.6. The van der Waals surface area contributed by atoms with Crippen molar-refractivity contribution in [1.82, 2.24) is 0 Å². The number of nitrogens with one attached hydrogen (secondary N) is 3. The Hall–Kier alpha value is -4.58. The summed E-state index contributed by atoms with van der Waals surface area (Å²) in [7, 11) is 0. The first-order chi connectivity index (χ1) is 19.6. The molecular weight excluding hydrogens is 498 g/mol. The van der Waals surface area contributed by atoms with Crippen molar-refractivity contribution in [2.24, 2.45) is 0 Å². The van der Waals surface area contributed by atoms with Gasteiger partial charge in [0.2, 0.25) is 0 Å². The smallest absolute Gasteiger partial charge is 0.337 e. The molecule has 4 N–H and O–H groups in total. The van der Waals surface area contributed by atoms with Crippen LogP contribution in [0.2, 0.25) is 0 Å². The fourth-order valence-electron chi connectivity index (χ4n) is 4.71. The number of aryl methyl sites for hydroxylation is 1. The summed E-state index contributed by atoms with van der Waals surface area (Å²) in [6.45, 7) is 2.22. The molecule has 4 rings (SSSR count). The molecule has 6 nitrogen and oxygen atoms in total. The van der Waals surface area contributed by atoms with Crippen molar-refractivity contribution in [2.75, 3.05) is 16.0 Å². The zero-order chi connectivity index (χ0) is 28.2. The number of para-hydroxylation sites is 3. The van der Waals surface area contributed by atoms with Crippen LogP contribution < -0.4 is 16.0 Å². The van der Waals surface area contributed by atoms with Crippen LogP contribution in [0.1, 0.15) is 71.7 Å². The first kappa shape index (κ1) is 28.4. The van der Waals surface area contributed by atoms with Crippen LogP contribution in [0.25, 0.3) is 0 Å². The molecule has 0 aromatic heterocycles. The quantitative estimate of drug-likeness (QED) is 0.121. The Kier molecular flexibility index (Phi) is 10.3. The molecule has 0 radical (unpaired) electrons. The lowest BCUT2D eigenvalue weighted by Gasteiger charge is -2.22. The molecule has 0 fully saturated rings. The molecule has 0 atom stereocenters. The van der Waals surface area contributed by atoms with Gasteiger partial charge in [0.1, 0.15) is 0 Å². The van der Waals surface area contributed by atoms with Crippen LogP contribution in [0.15, 0.2) is 97.1 Å². The Morgan fingerprint density at radius 1 is 0.625 bits per heavy atom. The number of aromatic carboxylic acids is 1. The van der Waals surface area contributed by atoms with Crippen LogP contribution >= 0.6 is 0 Å². The monoisotopic (exact) mass is 535 g/mol. The van der Waals surface area contributed by atoms with Gasteiger partial charge in [0, 0.05) is 11.4 Å². The number of rotatable bonds is 14. The second-order valence-electron chi connectivity index (χ2n) is 9.83. The number of anilines is 5. The predicted octanol–water partition coefficient (Wildman–Crippen LogP) is 9.03. The third-order valence-corrected chi connectivity index (χ3v) is 6.83. The van der Waals surface area contributed by atoms with Gasteiger partial charge in [-0.2, -0.15) is 0 Å². The van der Waals surface area contributed by atoms with E-state index >= 15 is 0 Å². The van der Waals surface area contributed by atoms with Crippen molar-refractivity contribution in [3.63, 3.8) is 0 Å². The lowest BCUT2D eigenvalue weighted by atomic mass is 9.98. The summed E-state index contributed by atoms with van der Waals surface area (Å²) >= 11 is 0. The van der Waals surface area contributed by atoms with Gasteiger partial charge in [0.15, 0.2) is 0 Å². The average molecular weight is 536 g/mol. The summed E-state index contributed by atoms with van der Waals surface area (Å²) in [6, 6.07) is 29.9. The highest BCUT2D eigenvalue weighted by Gasteiger charge is 2.21. The highest BCUT2D eigenvalue weighted by molar-refractivity contribution is 6.12. The van der Waals surface area contributed by atoms with Gasteiger partial charge in [0.25, 0.3) is 5.91 Å². The Bertz CT molecular complexity index is 1400. The maximum Gasteiger partial charge on any atom is 0.337 e. The van der Waals surface area contributed by atoms with E-state index in [1.54, 1.807) is 18.2 Å². The number of hydrogen-bond donors (Lipinski definition) is 4. The third kappa shape index (κ3) is 7.73. The van der Waals surface area contributed by atoms with Gasteiger partial charge in [-0.3, -0.25) is 4.79 Å². The maximum atomic E-state index is 13.7. The minimum absolute atomic E-state index is 0.0377. The van der Waals surface area contributed by atoms with Gasteiger partial charge in [-0.05, 0) is 60.9 Å². The lowest BCUT2D eigenvalue weighted by Crippen LogP contribution is -2.17. The number of carboxylic acids is 1. The fraction of sp³-hybridized carbons (Fsp3) is 0.235. The molecule has 1 amide bonds. The van der Waals surface area contributed by atoms with E-state index in [2.05, 4.69) is 22.9 Å². The molecule has 0 aliphatic heterocycles. The van der Waals surface area contributed by atoms with E-state index in [1.165, 1.54) is 31.7 Å². The molecule has 0 unspecified atom stereocenters. The van der Waals surface area contributed by atoms with E-state index in [-0.39, 0.29) is 11.3 Å². The summed E-state index contributed by atoms with van der Waals surface area (Å²) in [6.07, 6.45) is 8.03. The highest BCUT2D eigenvalue weighted by Crippen LogP contribution is 2.37. The first-order valence-electron chi connectivity index (χ1n) is 14.0. The molecule has 0 aliphatic carbocycles. The van der Waals surface area contributed by atoms with Gasteiger partial charge in [-0.25, -0.2) is 4.79 Å². The van der Waals surface area contributed by atoms with Crippen molar-refractivity contribution in [3.05, 3.63) is 114 Å². The number of benzene rings is 4. The predicted molar refractivity (Wildman–Crippen MR) is 164 cm³/mol. The SMILES string of the molecule is CCCCCCCCc1ccc(C(=O)Nc2ccccc2C(=O)O)c(Nc2ccccc2)c1Nc1ccccc1. The second kappa shape index (κ2) is 14.5. The standard InChI is InChI=1S/C34H37N3O3/c1-2-3-4-5-6-9-16-25-23-24-29(33(38)37-30-22-15-14-21-28(30)34(39)40)32(36-27-19-12-8-13-20-27)31(25)35-26-17-10-7-11-18-26/h7-8,10-15,17-24,35-36H,2-6,9,16H2,1H3,(H,37,38)(H,39,40). The molecule has 4 aromatic carbocycles. The summed E-state index contributed by atoms with van der Waals surface area (Å²) in [5, 5.41) is 19.5. The van der Waals surface area contributed by atoms with Crippen molar-refractivity contribution in [2.45, 2.75) is 51.9 Å². The molecule has 0 aliphatic rings. The Morgan fingerprint density at radius 2 is 1.20 bits per heavy atom. The van der Waals surface area contributed by atoms with Gasteiger partial charge < -0.3 is 21.1 Å². The van der Waals surface area contributed by atoms with E-state index in [0.29, 0.717) is 11.3 Å². The molecule has 0 saturated heterocycles. The van der Waals surface area contributed by atoms with E-state index < -0.39 is 11.9 Å². The van der Waals surface area contributed by atoms with Crippen LogP contribution in [0.5, 0.6) is 0 Å². The number of carbonyl (C=O) groups is 2. The molecule has 206 valence electrons. The summed E-state index contributed by atoms with van der Waals surface area (Å²) in [5.41, 5.74) is 5.04. The van der Waals surface area contributed by atoms with Gasteiger partial charge in [-0.15, -0.1) is 0 Å². The third-order valence-electron chi connectivity index (χ3n) is 6.83. The largest absolute Gasteiger partial charge is 0.478 e. The molecule has 0 saturated carbocycles. The summed E-state index contributed by atoms with van der Waals surface area (Å²) < 4.78 is 0. The van der Waals surface area contributed by atoms with Crippen LogP contribution in [0.3, 0.4) is 0 Å². The van der Waals surface area contributed by atoms with Crippen molar-refractivity contribution in [3.8, 4) is 0 Å². The lowest BCUT2D eigenvalue weighted by molar-refractivity contribution is 0.0698. The molecule has 4 aromatic rings. The maximum absolute atomic E-state index is 13.7. The van der Waals surface area contributed by atoms with Crippen molar-refractivity contribution < 1.29 is 14.7 Å². The molecule has 40 heavy (non-hydrogen) atoms. The number of hydrogen-bond acceptors (Lipinski definition) is 4. The van der Waals surface area contributed by atoms with Crippen molar-refractivity contribution in [1.29, 1.82) is 0 Å². The van der Waals surface area contributed by atoms with Crippen LogP contribution in [-0.4, -0.2) is 17.0 Å². The Labute approximate surface area is 236 Å². The average Bonchev–Trinajstić information content (AvgIpc) is 2.97. The Morgan fingerprint density at radius 3 is 1.85 bits per heavy atom. The number of carbonyl (C=O) groups excluding carboxylic acids is 1. The van der Waals surface area contributed by atoms with E-state index in [1.807, 2.05) is 72.8 Å². The van der Waals surface area contributed by atoms with Gasteiger partial charge in [-0.1, -0.05) is 93.6 Å². The number of amides is 1. The topological polar surface area (TPSA) is 90.5 Å². The molecule has 0 bridgehead atoms. The van der Waals surface area contributed by atoms with Crippen LogP contribution in [-0.2, 0) is 6.42 Å². The second-order valence-corrected chi connectivity index (χ2v) is 9.83. The van der Waals surface area contributed by atoms with Crippen LogP contribution in [0.4, 0.5) is 28.4 Å². The molecule has 0 heterocycles.